The van der Waals surface area contributed by atoms with Crippen molar-refractivity contribution >= 4 is 5.91 Å². The average molecular weight is 262 g/mol. The molecule has 1 atom stereocenters. The molecule has 104 valence electrons. The summed E-state index contributed by atoms with van der Waals surface area (Å²) in [6, 6.07) is 6.28. The topological polar surface area (TPSA) is 75.3 Å². The number of nitrogens with two attached hydrogens (primary N) is 1. The van der Waals surface area contributed by atoms with Crippen LogP contribution >= 0.6 is 0 Å². The lowest BCUT2D eigenvalue weighted by molar-refractivity contribution is -0.122. The Morgan fingerprint density at radius 1 is 1.32 bits per heavy atom. The van der Waals surface area contributed by atoms with Crippen LogP contribution in [0.2, 0.25) is 0 Å². The molecular weight excluding hydrogens is 240 g/mol. The monoisotopic (exact) mass is 262 g/mol. The van der Waals surface area contributed by atoms with Gasteiger partial charge in [0.1, 0.15) is 5.75 Å². The normalized spacial score (nSPS) is 17.3. The largest absolute Gasteiger partial charge is 0.508 e. The molecule has 1 saturated carbocycles. The van der Waals surface area contributed by atoms with Gasteiger partial charge in [-0.15, -0.1) is 0 Å². The zero-order valence-electron chi connectivity index (χ0n) is 11.1. The molecule has 19 heavy (non-hydrogen) atoms. The summed E-state index contributed by atoms with van der Waals surface area (Å²) in [5.41, 5.74) is 6.86. The predicted octanol–water partition coefficient (Wildman–Crippen LogP) is 1.57. The van der Waals surface area contributed by atoms with Crippen LogP contribution in [-0.4, -0.2) is 23.6 Å². The van der Waals surface area contributed by atoms with E-state index in [1.54, 1.807) is 24.3 Å². The summed E-state index contributed by atoms with van der Waals surface area (Å²) < 4.78 is 0. The first-order valence-corrected chi connectivity index (χ1v) is 6.96. The molecule has 4 nitrogen and oxygen atoms in total. The molecule has 1 aliphatic carbocycles. The Balaban J connectivity index is 1.76. The molecule has 4 heteroatoms. The van der Waals surface area contributed by atoms with Gasteiger partial charge in [-0.05, 0) is 42.9 Å². The molecule has 0 aliphatic heterocycles. The van der Waals surface area contributed by atoms with Gasteiger partial charge in [-0.25, -0.2) is 0 Å². The van der Waals surface area contributed by atoms with Gasteiger partial charge in [0.25, 0.3) is 0 Å². The number of nitrogens with one attached hydrogen (secondary N) is 1. The van der Waals surface area contributed by atoms with E-state index in [0.29, 0.717) is 12.3 Å². The zero-order chi connectivity index (χ0) is 13.7. The fraction of sp³-hybridized carbons (Fsp3) is 0.533. The highest BCUT2D eigenvalue weighted by Crippen LogP contribution is 2.23. The van der Waals surface area contributed by atoms with Gasteiger partial charge in [0.05, 0.1) is 6.04 Å². The first-order valence-electron chi connectivity index (χ1n) is 6.96. The van der Waals surface area contributed by atoms with E-state index < -0.39 is 6.04 Å². The lowest BCUT2D eigenvalue weighted by Gasteiger charge is -2.15. The molecule has 0 aromatic heterocycles. The van der Waals surface area contributed by atoms with Crippen molar-refractivity contribution in [3.8, 4) is 5.75 Å². The second kappa shape index (κ2) is 6.57. The highest BCUT2D eigenvalue weighted by molar-refractivity contribution is 5.81. The fourth-order valence-electron chi connectivity index (χ4n) is 2.57. The van der Waals surface area contributed by atoms with Gasteiger partial charge in [0.2, 0.25) is 5.91 Å². The quantitative estimate of drug-likeness (QED) is 0.754. The molecule has 0 spiro atoms. The summed E-state index contributed by atoms with van der Waals surface area (Å²) in [6.45, 7) is 0.752. The molecule has 0 unspecified atom stereocenters. The standard InChI is InChI=1S/C15H22N2O2/c16-14(9-11-5-7-13(18)8-6-11)15(19)17-10-12-3-1-2-4-12/h5-8,12,14,18H,1-4,9-10,16H2,(H,17,19)/t14-/m0/s1. The minimum Gasteiger partial charge on any atom is -0.508 e. The Morgan fingerprint density at radius 2 is 1.95 bits per heavy atom. The molecule has 1 aliphatic rings. The number of benzene rings is 1. The Morgan fingerprint density at radius 3 is 2.58 bits per heavy atom. The molecule has 0 heterocycles. The SMILES string of the molecule is N[C@@H](Cc1ccc(O)cc1)C(=O)NCC1CCCC1. The van der Waals surface area contributed by atoms with Crippen molar-refractivity contribution in [3.63, 3.8) is 0 Å². The van der Waals surface area contributed by atoms with E-state index in [-0.39, 0.29) is 11.7 Å². The van der Waals surface area contributed by atoms with Crippen LogP contribution in [0.25, 0.3) is 0 Å². The minimum absolute atomic E-state index is 0.0834. The Kier molecular flexibility index (Phi) is 4.80. The summed E-state index contributed by atoms with van der Waals surface area (Å²) >= 11 is 0. The van der Waals surface area contributed by atoms with Gasteiger partial charge in [-0.3, -0.25) is 4.79 Å². The Hall–Kier alpha value is -1.55. The van der Waals surface area contributed by atoms with Crippen LogP contribution in [-0.2, 0) is 11.2 Å². The number of aromatic hydroxyl groups is 1. The lowest BCUT2D eigenvalue weighted by Crippen LogP contribution is -2.43. The van der Waals surface area contributed by atoms with Gasteiger partial charge < -0.3 is 16.2 Å². The van der Waals surface area contributed by atoms with Crippen molar-refractivity contribution in [2.45, 2.75) is 38.1 Å². The van der Waals surface area contributed by atoms with Gasteiger partial charge in [0.15, 0.2) is 0 Å². The van der Waals surface area contributed by atoms with Gasteiger partial charge in [0, 0.05) is 6.54 Å². The van der Waals surface area contributed by atoms with Crippen molar-refractivity contribution in [1.29, 1.82) is 0 Å². The van der Waals surface area contributed by atoms with Crippen LogP contribution in [0.3, 0.4) is 0 Å². The summed E-state index contributed by atoms with van der Waals surface area (Å²) in [6.07, 6.45) is 5.48. The molecule has 0 radical (unpaired) electrons. The van der Waals surface area contributed by atoms with E-state index >= 15 is 0 Å². The highest BCUT2D eigenvalue weighted by Gasteiger charge is 2.18. The van der Waals surface area contributed by atoms with Crippen LogP contribution in [0, 0.1) is 5.92 Å². The third-order valence-electron chi connectivity index (χ3n) is 3.77. The van der Waals surface area contributed by atoms with Crippen molar-refractivity contribution in [1.82, 2.24) is 5.32 Å². The van der Waals surface area contributed by atoms with Crippen molar-refractivity contribution in [2.24, 2.45) is 11.7 Å². The van der Waals surface area contributed by atoms with E-state index in [0.717, 1.165) is 12.1 Å². The fourth-order valence-corrected chi connectivity index (χ4v) is 2.57. The summed E-state index contributed by atoms with van der Waals surface area (Å²) in [5, 5.41) is 12.1. The third kappa shape index (κ3) is 4.24. The van der Waals surface area contributed by atoms with Crippen LogP contribution in [0.5, 0.6) is 5.75 Å². The van der Waals surface area contributed by atoms with Gasteiger partial charge >= 0.3 is 0 Å². The number of carbonyl (C=O) groups excluding carboxylic acids is 1. The first kappa shape index (κ1) is 13.9. The lowest BCUT2D eigenvalue weighted by atomic mass is 10.0. The predicted molar refractivity (Wildman–Crippen MR) is 74.8 cm³/mol. The maximum Gasteiger partial charge on any atom is 0.237 e. The van der Waals surface area contributed by atoms with E-state index in [1.807, 2.05) is 0 Å². The Bertz CT molecular complexity index is 411. The summed E-state index contributed by atoms with van der Waals surface area (Å²) in [5.74, 6) is 0.771. The molecule has 2 rings (SSSR count). The van der Waals surface area contributed by atoms with Crippen LogP contribution < -0.4 is 11.1 Å². The molecule has 0 saturated heterocycles. The smallest absolute Gasteiger partial charge is 0.237 e. The minimum atomic E-state index is -0.522. The average Bonchev–Trinajstić information content (AvgIpc) is 2.91. The number of carbonyl (C=O) groups is 1. The second-order valence-corrected chi connectivity index (χ2v) is 5.37. The molecule has 1 amide bonds. The number of phenols is 1. The molecule has 1 aromatic carbocycles. The summed E-state index contributed by atoms with van der Waals surface area (Å²) in [7, 11) is 0. The number of hydrogen-bond acceptors (Lipinski definition) is 3. The van der Waals surface area contributed by atoms with Crippen molar-refractivity contribution < 1.29 is 9.90 Å². The summed E-state index contributed by atoms with van der Waals surface area (Å²) in [4.78, 5) is 11.9. The van der Waals surface area contributed by atoms with Crippen molar-refractivity contribution in [2.75, 3.05) is 6.54 Å². The molecule has 4 N–H and O–H groups in total. The molecule has 1 aromatic rings. The van der Waals surface area contributed by atoms with Crippen LogP contribution in [0.4, 0.5) is 0 Å². The van der Waals surface area contributed by atoms with E-state index in [2.05, 4.69) is 5.32 Å². The maximum atomic E-state index is 11.9. The highest BCUT2D eigenvalue weighted by atomic mass is 16.3. The molecular formula is C15H22N2O2. The van der Waals surface area contributed by atoms with E-state index in [4.69, 9.17) is 5.73 Å². The first-order chi connectivity index (χ1) is 9.15. The van der Waals surface area contributed by atoms with Gasteiger partial charge in [-0.1, -0.05) is 25.0 Å². The zero-order valence-corrected chi connectivity index (χ0v) is 11.1. The van der Waals surface area contributed by atoms with Gasteiger partial charge in [-0.2, -0.15) is 0 Å². The Labute approximate surface area is 114 Å². The van der Waals surface area contributed by atoms with Crippen LogP contribution in [0.15, 0.2) is 24.3 Å². The van der Waals surface area contributed by atoms with Crippen molar-refractivity contribution in [3.05, 3.63) is 29.8 Å². The maximum absolute atomic E-state index is 11.9. The molecule has 1 fully saturated rings. The third-order valence-corrected chi connectivity index (χ3v) is 3.77. The van der Waals surface area contributed by atoms with E-state index in [9.17, 15) is 9.90 Å². The number of rotatable bonds is 5. The molecule has 0 bridgehead atoms. The second-order valence-electron chi connectivity index (χ2n) is 5.37. The number of phenolic OH excluding ortho intramolecular Hbond substituents is 1. The number of amides is 1. The van der Waals surface area contributed by atoms with E-state index in [1.165, 1.54) is 25.7 Å². The van der Waals surface area contributed by atoms with Crippen LogP contribution in [0.1, 0.15) is 31.2 Å². The number of hydrogen-bond donors (Lipinski definition) is 3.